The molecule has 2 aromatic heterocycles. The first-order chi connectivity index (χ1) is 9.20. The number of nitrogens with zero attached hydrogens (tertiary/aromatic N) is 3. The first-order valence-electron chi connectivity index (χ1n) is 5.61. The van der Waals surface area contributed by atoms with Gasteiger partial charge in [-0.3, -0.25) is 0 Å². The smallest absolute Gasteiger partial charge is 0.406 e. The molecule has 0 aromatic carbocycles. The van der Waals surface area contributed by atoms with Gasteiger partial charge in [0.05, 0.1) is 4.88 Å². The van der Waals surface area contributed by atoms with Crippen LogP contribution >= 0.6 is 11.3 Å². The lowest BCUT2D eigenvalue weighted by atomic mass is 10.4. The third kappa shape index (κ3) is 3.38. The van der Waals surface area contributed by atoms with Crippen molar-refractivity contribution in [2.45, 2.75) is 13.5 Å². The summed E-state index contributed by atoms with van der Waals surface area (Å²) in [5, 5.41) is 14.7. The summed E-state index contributed by atoms with van der Waals surface area (Å²) in [6.45, 7) is 3.01. The topological polar surface area (TPSA) is 90.2 Å². The van der Waals surface area contributed by atoms with Crippen LogP contribution in [0.4, 0.5) is 10.9 Å². The number of hydrogen-bond donors (Lipinski definition) is 1. The summed E-state index contributed by atoms with van der Waals surface area (Å²) >= 11 is 1.45. The minimum atomic E-state index is -0.563. The van der Waals surface area contributed by atoms with E-state index in [9.17, 15) is 10.1 Å². The molecule has 100 valence electrons. The van der Waals surface area contributed by atoms with Gasteiger partial charge >= 0.3 is 5.82 Å². The number of ether oxygens (including phenoxy) is 1. The highest BCUT2D eigenvalue weighted by molar-refractivity contribution is 7.15. The Bertz CT molecular complexity index is 573. The van der Waals surface area contributed by atoms with Gasteiger partial charge in [-0.25, -0.2) is 4.98 Å². The van der Waals surface area contributed by atoms with E-state index in [1.807, 2.05) is 6.92 Å². The molecule has 0 radical (unpaired) electrons. The van der Waals surface area contributed by atoms with Gasteiger partial charge in [0, 0.05) is 12.7 Å². The van der Waals surface area contributed by atoms with Crippen LogP contribution in [0.5, 0.6) is 5.75 Å². The number of hydrogen-bond acceptors (Lipinski definition) is 7. The van der Waals surface area contributed by atoms with E-state index in [4.69, 9.17) is 4.74 Å². The number of nitrogens with one attached hydrogen (secondary N) is 1. The molecule has 0 aliphatic heterocycles. The Morgan fingerprint density at radius 3 is 3.11 bits per heavy atom. The van der Waals surface area contributed by atoms with Crippen LogP contribution in [-0.4, -0.2) is 21.4 Å². The predicted molar refractivity (Wildman–Crippen MR) is 71.5 cm³/mol. The van der Waals surface area contributed by atoms with Gasteiger partial charge < -0.3 is 20.2 Å². The molecule has 0 spiro atoms. The summed E-state index contributed by atoms with van der Waals surface area (Å²) in [5.41, 5.74) is 0. The van der Waals surface area contributed by atoms with Crippen molar-refractivity contribution in [1.29, 1.82) is 0 Å². The average Bonchev–Trinajstić information content (AvgIpc) is 2.85. The molecule has 0 bridgehead atoms. The van der Waals surface area contributed by atoms with Gasteiger partial charge in [-0.15, -0.1) is 0 Å². The van der Waals surface area contributed by atoms with Crippen molar-refractivity contribution in [3.8, 4) is 5.75 Å². The summed E-state index contributed by atoms with van der Waals surface area (Å²) in [7, 11) is 0. The highest BCUT2D eigenvalue weighted by atomic mass is 32.1. The summed E-state index contributed by atoms with van der Waals surface area (Å²) < 4.78 is 5.41. The van der Waals surface area contributed by atoms with Crippen molar-refractivity contribution in [1.82, 2.24) is 9.97 Å². The molecule has 0 amide bonds. The van der Waals surface area contributed by atoms with Gasteiger partial charge in [-0.1, -0.05) is 11.3 Å². The van der Waals surface area contributed by atoms with Crippen molar-refractivity contribution in [2.24, 2.45) is 0 Å². The monoisotopic (exact) mass is 280 g/mol. The first kappa shape index (κ1) is 13.2. The zero-order valence-electron chi connectivity index (χ0n) is 10.2. The molecule has 19 heavy (non-hydrogen) atoms. The van der Waals surface area contributed by atoms with Gasteiger partial charge in [0.2, 0.25) is 5.75 Å². The molecular weight excluding hydrogens is 268 g/mol. The van der Waals surface area contributed by atoms with E-state index in [1.165, 1.54) is 23.6 Å². The van der Waals surface area contributed by atoms with Crippen molar-refractivity contribution in [3.63, 3.8) is 0 Å². The Labute approximate surface area is 113 Å². The third-order valence-electron chi connectivity index (χ3n) is 2.18. The number of nitro groups is 1. The van der Waals surface area contributed by atoms with Crippen LogP contribution in [0, 0.1) is 10.1 Å². The van der Waals surface area contributed by atoms with E-state index in [1.54, 1.807) is 12.3 Å². The maximum absolute atomic E-state index is 10.8. The Hall–Kier alpha value is -2.22. The molecule has 0 fully saturated rings. The van der Waals surface area contributed by atoms with E-state index >= 15 is 0 Å². The Kier molecular flexibility index (Phi) is 4.24. The van der Waals surface area contributed by atoms with Crippen LogP contribution < -0.4 is 10.1 Å². The van der Waals surface area contributed by atoms with E-state index in [0.29, 0.717) is 0 Å². The zero-order chi connectivity index (χ0) is 13.7. The van der Waals surface area contributed by atoms with Gasteiger partial charge in [0.25, 0.3) is 0 Å². The molecule has 0 atom stereocenters. The zero-order valence-corrected chi connectivity index (χ0v) is 11.0. The molecule has 2 rings (SSSR count). The molecule has 1 N–H and O–H groups in total. The minimum absolute atomic E-state index is 0.158. The van der Waals surface area contributed by atoms with Crippen LogP contribution in [0.15, 0.2) is 24.5 Å². The number of anilines is 1. The minimum Gasteiger partial charge on any atom is -0.480 e. The highest BCUT2D eigenvalue weighted by Gasteiger charge is 2.15. The van der Waals surface area contributed by atoms with E-state index in [-0.39, 0.29) is 18.2 Å². The lowest BCUT2D eigenvalue weighted by Gasteiger charge is -2.03. The average molecular weight is 280 g/mol. The van der Waals surface area contributed by atoms with Crippen LogP contribution in [0.3, 0.4) is 0 Å². The molecule has 0 aliphatic rings. The van der Waals surface area contributed by atoms with Crippen molar-refractivity contribution in [3.05, 3.63) is 39.5 Å². The lowest BCUT2D eigenvalue weighted by Crippen LogP contribution is -1.99. The normalized spacial score (nSPS) is 10.2. The molecule has 8 heteroatoms. The molecule has 0 saturated carbocycles. The fraction of sp³-hybridized carbons (Fsp3) is 0.273. The van der Waals surface area contributed by atoms with E-state index < -0.39 is 4.92 Å². The Morgan fingerprint density at radius 2 is 2.37 bits per heavy atom. The van der Waals surface area contributed by atoms with Gasteiger partial charge in [-0.2, -0.15) is 0 Å². The van der Waals surface area contributed by atoms with Crippen LogP contribution in [0.1, 0.15) is 11.8 Å². The fourth-order valence-corrected chi connectivity index (χ4v) is 2.18. The Balaban J connectivity index is 2.03. The number of aromatic nitrogens is 2. The molecule has 7 nitrogen and oxygen atoms in total. The van der Waals surface area contributed by atoms with E-state index in [0.717, 1.165) is 16.6 Å². The van der Waals surface area contributed by atoms with Gasteiger partial charge in [-0.05, 0) is 29.0 Å². The SMILES string of the molecule is CCNc1ncc(COc2cccnc2[N+](=O)[O-])s1. The van der Waals surface area contributed by atoms with Crippen molar-refractivity contribution >= 4 is 22.3 Å². The number of pyridine rings is 1. The summed E-state index contributed by atoms with van der Waals surface area (Å²) in [6.07, 6.45) is 3.05. The summed E-state index contributed by atoms with van der Waals surface area (Å²) in [4.78, 5) is 18.9. The van der Waals surface area contributed by atoms with E-state index in [2.05, 4.69) is 15.3 Å². The summed E-state index contributed by atoms with van der Waals surface area (Å²) in [6, 6.07) is 3.12. The van der Waals surface area contributed by atoms with Crippen LogP contribution in [0.2, 0.25) is 0 Å². The second-order valence-electron chi connectivity index (χ2n) is 3.53. The number of thiazole rings is 1. The summed E-state index contributed by atoms with van der Waals surface area (Å²) in [5.74, 6) is -0.121. The van der Waals surface area contributed by atoms with Gasteiger partial charge in [0.1, 0.15) is 12.8 Å². The van der Waals surface area contributed by atoms with Crippen LogP contribution in [0.25, 0.3) is 0 Å². The second-order valence-corrected chi connectivity index (χ2v) is 4.65. The molecular formula is C11H12N4O3S. The number of rotatable bonds is 6. The second kappa shape index (κ2) is 6.10. The maximum atomic E-state index is 10.8. The Morgan fingerprint density at radius 1 is 1.53 bits per heavy atom. The quantitative estimate of drug-likeness (QED) is 0.645. The van der Waals surface area contributed by atoms with Gasteiger partial charge in [0.15, 0.2) is 5.13 Å². The first-order valence-corrected chi connectivity index (χ1v) is 6.43. The third-order valence-corrected chi connectivity index (χ3v) is 3.10. The molecule has 2 aromatic rings. The molecule has 2 heterocycles. The highest BCUT2D eigenvalue weighted by Crippen LogP contribution is 2.25. The molecule has 0 aliphatic carbocycles. The van der Waals surface area contributed by atoms with Crippen molar-refractivity contribution in [2.75, 3.05) is 11.9 Å². The van der Waals surface area contributed by atoms with Crippen LogP contribution in [-0.2, 0) is 6.61 Å². The molecule has 0 saturated heterocycles. The standard InChI is InChI=1S/C11H12N4O3S/c1-2-12-11-14-6-8(19-11)7-18-9-4-3-5-13-10(9)15(16)17/h3-6H,2,7H2,1H3,(H,12,14). The predicted octanol–water partition coefficient (Wildman–Crippen LogP) is 2.46. The largest absolute Gasteiger partial charge is 0.480 e. The molecule has 0 unspecified atom stereocenters. The lowest BCUT2D eigenvalue weighted by molar-refractivity contribution is -0.390. The maximum Gasteiger partial charge on any atom is 0.406 e. The fourth-order valence-electron chi connectivity index (χ4n) is 1.39. The van der Waals surface area contributed by atoms with Crippen molar-refractivity contribution < 1.29 is 9.66 Å².